The summed E-state index contributed by atoms with van der Waals surface area (Å²) in [6, 6.07) is 22.3. The number of nitrogens with one attached hydrogen (secondary N) is 1. The zero-order valence-corrected chi connectivity index (χ0v) is 26.4. The van der Waals surface area contributed by atoms with E-state index in [9.17, 15) is 8.42 Å². The van der Waals surface area contributed by atoms with Crippen LogP contribution in [0.1, 0.15) is 30.4 Å². The summed E-state index contributed by atoms with van der Waals surface area (Å²) in [5.41, 5.74) is 9.34. The summed E-state index contributed by atoms with van der Waals surface area (Å²) >= 11 is 0. The van der Waals surface area contributed by atoms with Crippen LogP contribution in [0.25, 0.3) is 44.5 Å². The predicted molar refractivity (Wildman–Crippen MR) is 176 cm³/mol. The third-order valence-electron chi connectivity index (χ3n) is 9.99. The van der Waals surface area contributed by atoms with Crippen LogP contribution in [0.4, 0.5) is 0 Å². The molecule has 45 heavy (non-hydrogen) atoms. The number of aromatic nitrogens is 3. The summed E-state index contributed by atoms with van der Waals surface area (Å²) in [6.07, 6.45) is 11.6. The van der Waals surface area contributed by atoms with Gasteiger partial charge in [0.15, 0.2) is 0 Å². The number of pyridine rings is 2. The SMILES string of the molecule is CN(C)S(=O)(=O)c1cccnc1-c1ccc(-c2c[nH]c3ncc(-c4ccc5c(c4)CC[C@@H](N4C6COCC4C6)CC5)cc23)cc1. The van der Waals surface area contributed by atoms with Gasteiger partial charge in [-0.3, -0.25) is 9.88 Å². The van der Waals surface area contributed by atoms with Crippen molar-refractivity contribution < 1.29 is 13.2 Å². The Morgan fingerprint density at radius 1 is 0.844 bits per heavy atom. The highest BCUT2D eigenvalue weighted by Crippen LogP contribution is 2.38. The van der Waals surface area contributed by atoms with Crippen LogP contribution in [0.15, 0.2) is 84.1 Å². The van der Waals surface area contributed by atoms with Crippen LogP contribution in [0, 0.1) is 0 Å². The van der Waals surface area contributed by atoms with Gasteiger partial charge in [-0.1, -0.05) is 42.5 Å². The Labute approximate surface area is 264 Å². The van der Waals surface area contributed by atoms with E-state index in [-0.39, 0.29) is 4.90 Å². The van der Waals surface area contributed by atoms with Crippen LogP contribution in [0.5, 0.6) is 0 Å². The second-order valence-electron chi connectivity index (χ2n) is 12.8. The number of aryl methyl sites for hydroxylation is 2. The zero-order chi connectivity index (χ0) is 30.7. The molecule has 3 aliphatic rings. The molecule has 1 aliphatic carbocycles. The number of aromatic amines is 1. The van der Waals surface area contributed by atoms with E-state index in [1.165, 1.54) is 54.4 Å². The first kappa shape index (κ1) is 28.6. The van der Waals surface area contributed by atoms with Gasteiger partial charge >= 0.3 is 0 Å². The molecule has 5 heterocycles. The standard InChI is InChI=1S/C36H37N5O3S/c1-40(2)45(42,43)34-4-3-15-37-35(34)25-8-6-24(7-9-25)33-20-39-36-32(33)17-28(19-38-36)27-10-5-23-11-13-29(14-12-26(23)16-27)41-30-18-31(41)22-44-21-30/h3-10,15-17,19-20,29-31H,11-14,18,21-22H2,1-2H3,(H,38,39)/t29-,30?,31?/m0/s1. The Kier molecular flexibility index (Phi) is 7.09. The van der Waals surface area contributed by atoms with E-state index in [1.807, 2.05) is 36.7 Å². The maximum atomic E-state index is 12.9. The zero-order valence-electron chi connectivity index (χ0n) is 25.6. The van der Waals surface area contributed by atoms with Crippen molar-refractivity contribution in [3.8, 4) is 33.5 Å². The van der Waals surface area contributed by atoms with Crippen LogP contribution in [-0.2, 0) is 27.6 Å². The van der Waals surface area contributed by atoms with Gasteiger partial charge < -0.3 is 9.72 Å². The van der Waals surface area contributed by atoms with Crippen molar-refractivity contribution in [1.82, 2.24) is 24.2 Å². The second-order valence-corrected chi connectivity index (χ2v) is 14.9. The number of benzene rings is 2. The quantitative estimate of drug-likeness (QED) is 0.237. The van der Waals surface area contributed by atoms with Gasteiger partial charge in [-0.2, -0.15) is 0 Å². The van der Waals surface area contributed by atoms with Crippen molar-refractivity contribution in [3.05, 3.63) is 90.4 Å². The lowest BCUT2D eigenvalue weighted by atomic mass is 9.87. The topological polar surface area (TPSA) is 91.4 Å². The molecular weight excluding hydrogens is 582 g/mol. The van der Waals surface area contributed by atoms with E-state index in [0.717, 1.165) is 59.3 Å². The van der Waals surface area contributed by atoms with Crippen molar-refractivity contribution in [2.45, 2.75) is 55.1 Å². The van der Waals surface area contributed by atoms with E-state index < -0.39 is 10.0 Å². The second kappa shape index (κ2) is 11.2. The van der Waals surface area contributed by atoms with Gasteiger partial charge in [0.2, 0.25) is 10.0 Å². The lowest BCUT2D eigenvalue weighted by molar-refractivity contribution is -0.148. The van der Waals surface area contributed by atoms with Gasteiger partial charge in [0.1, 0.15) is 10.5 Å². The number of H-pyrrole nitrogens is 1. The molecule has 0 radical (unpaired) electrons. The Balaban J connectivity index is 1.06. The highest BCUT2D eigenvalue weighted by molar-refractivity contribution is 7.89. The fourth-order valence-corrected chi connectivity index (χ4v) is 8.61. The Morgan fingerprint density at radius 3 is 2.33 bits per heavy atom. The van der Waals surface area contributed by atoms with Gasteiger partial charge in [-0.25, -0.2) is 17.7 Å². The van der Waals surface area contributed by atoms with Crippen LogP contribution in [-0.4, -0.2) is 78.0 Å². The number of morpholine rings is 1. The van der Waals surface area contributed by atoms with Gasteiger partial charge in [0.25, 0.3) is 0 Å². The summed E-state index contributed by atoms with van der Waals surface area (Å²) in [5, 5.41) is 1.05. The summed E-state index contributed by atoms with van der Waals surface area (Å²) in [6.45, 7) is 1.80. The third kappa shape index (κ3) is 4.98. The molecule has 0 spiro atoms. The largest absolute Gasteiger partial charge is 0.378 e. The Morgan fingerprint density at radius 2 is 1.58 bits per heavy atom. The fourth-order valence-electron chi connectivity index (χ4n) is 7.55. The van der Waals surface area contributed by atoms with Gasteiger partial charge in [-0.15, -0.1) is 0 Å². The first-order valence-corrected chi connectivity index (χ1v) is 17.2. The average Bonchev–Trinajstić information content (AvgIpc) is 3.39. The first-order chi connectivity index (χ1) is 21.9. The van der Waals surface area contributed by atoms with E-state index in [4.69, 9.17) is 9.72 Å². The van der Waals surface area contributed by atoms with Crippen LogP contribution in [0.2, 0.25) is 0 Å². The predicted octanol–water partition coefficient (Wildman–Crippen LogP) is 5.93. The van der Waals surface area contributed by atoms with Crippen LogP contribution in [0.3, 0.4) is 0 Å². The highest BCUT2D eigenvalue weighted by atomic mass is 32.2. The van der Waals surface area contributed by atoms with E-state index in [2.05, 4.69) is 39.1 Å². The maximum absolute atomic E-state index is 12.9. The summed E-state index contributed by atoms with van der Waals surface area (Å²) in [7, 11) is -0.572. The van der Waals surface area contributed by atoms with E-state index in [1.54, 1.807) is 18.3 Å². The number of sulfonamides is 1. The van der Waals surface area contributed by atoms with Crippen LogP contribution < -0.4 is 0 Å². The first-order valence-electron chi connectivity index (χ1n) is 15.8. The molecule has 8 rings (SSSR count). The summed E-state index contributed by atoms with van der Waals surface area (Å²) in [4.78, 5) is 15.5. The number of fused-ring (bicyclic) bond motifs is 4. The normalized spacial score (nSPS) is 21.8. The molecule has 1 N–H and O–H groups in total. The summed E-state index contributed by atoms with van der Waals surface area (Å²) < 4.78 is 32.8. The van der Waals surface area contributed by atoms with Gasteiger partial charge in [0, 0.05) is 72.9 Å². The molecule has 230 valence electrons. The van der Waals surface area contributed by atoms with Crippen molar-refractivity contribution >= 4 is 21.1 Å². The van der Waals surface area contributed by atoms with Crippen molar-refractivity contribution in [2.24, 2.45) is 0 Å². The minimum atomic E-state index is -3.63. The van der Waals surface area contributed by atoms with Gasteiger partial charge in [-0.05, 0) is 72.6 Å². The number of hydrogen-bond donors (Lipinski definition) is 1. The van der Waals surface area contributed by atoms with Crippen molar-refractivity contribution in [1.29, 1.82) is 0 Å². The maximum Gasteiger partial charge on any atom is 0.244 e. The van der Waals surface area contributed by atoms with E-state index in [0.29, 0.717) is 23.8 Å². The molecule has 5 aromatic rings. The summed E-state index contributed by atoms with van der Waals surface area (Å²) in [5.74, 6) is 0. The molecule has 0 saturated carbocycles. The van der Waals surface area contributed by atoms with E-state index >= 15 is 0 Å². The molecule has 0 amide bonds. The fraction of sp³-hybridized carbons (Fsp3) is 0.333. The molecule has 9 heteroatoms. The molecule has 2 unspecified atom stereocenters. The monoisotopic (exact) mass is 619 g/mol. The molecular formula is C36H37N5O3S. The average molecular weight is 620 g/mol. The molecule has 2 fully saturated rings. The Bertz CT molecular complexity index is 1990. The number of hydrogen-bond acceptors (Lipinski definition) is 6. The Hall–Kier alpha value is -3.89. The van der Waals surface area contributed by atoms with Crippen molar-refractivity contribution in [3.63, 3.8) is 0 Å². The molecule has 3 aromatic heterocycles. The minimum absolute atomic E-state index is 0.192. The lowest BCUT2D eigenvalue weighted by Crippen LogP contribution is -2.66. The molecule has 2 aromatic carbocycles. The number of ether oxygens (including phenoxy) is 1. The molecule has 8 nitrogen and oxygen atoms in total. The third-order valence-corrected chi connectivity index (χ3v) is 11.8. The smallest absolute Gasteiger partial charge is 0.244 e. The molecule has 3 atom stereocenters. The molecule has 2 saturated heterocycles. The van der Waals surface area contributed by atoms with Crippen LogP contribution >= 0.6 is 0 Å². The van der Waals surface area contributed by atoms with Crippen molar-refractivity contribution in [2.75, 3.05) is 27.3 Å². The minimum Gasteiger partial charge on any atom is -0.378 e. The lowest BCUT2D eigenvalue weighted by Gasteiger charge is -2.56. The number of nitrogens with zero attached hydrogens (tertiary/aromatic N) is 4. The highest BCUT2D eigenvalue weighted by Gasteiger charge is 2.45. The molecule has 2 aliphatic heterocycles. The number of rotatable bonds is 6. The van der Waals surface area contributed by atoms with Gasteiger partial charge in [0.05, 0.1) is 18.9 Å². The molecule has 2 bridgehead atoms.